The van der Waals surface area contributed by atoms with Gasteiger partial charge < -0.3 is 25.2 Å². The third-order valence-corrected chi connectivity index (χ3v) is 8.53. The molecule has 2 saturated heterocycles. The molecule has 198 valence electrons. The number of likely N-dealkylation sites (tertiary alicyclic amines) is 1. The summed E-state index contributed by atoms with van der Waals surface area (Å²) in [6.07, 6.45) is 7.83. The quantitative estimate of drug-likeness (QED) is 0.626. The van der Waals surface area contributed by atoms with Gasteiger partial charge in [-0.2, -0.15) is 0 Å². The van der Waals surface area contributed by atoms with Gasteiger partial charge in [0.15, 0.2) is 0 Å². The Hall–Kier alpha value is -3.13. The van der Waals surface area contributed by atoms with Crippen molar-refractivity contribution in [3.05, 3.63) is 53.2 Å². The summed E-state index contributed by atoms with van der Waals surface area (Å²) in [4.78, 5) is 35.3. The first-order chi connectivity index (χ1) is 17.9. The first-order valence-electron chi connectivity index (χ1n) is 13.6. The van der Waals surface area contributed by atoms with Crippen molar-refractivity contribution in [1.82, 2.24) is 20.5 Å². The number of pyridine rings is 1. The Morgan fingerprint density at radius 3 is 2.38 bits per heavy atom. The lowest BCUT2D eigenvalue weighted by Gasteiger charge is -2.43. The third kappa shape index (κ3) is 5.59. The van der Waals surface area contributed by atoms with Crippen LogP contribution in [0.25, 0.3) is 0 Å². The number of hydrogen-bond donors (Lipinski definition) is 2. The Morgan fingerprint density at radius 2 is 1.70 bits per heavy atom. The van der Waals surface area contributed by atoms with Crippen molar-refractivity contribution in [2.75, 3.05) is 38.7 Å². The highest BCUT2D eigenvalue weighted by Gasteiger charge is 2.40. The lowest BCUT2D eigenvalue weighted by atomic mass is 9.76. The molecule has 2 aromatic rings. The van der Waals surface area contributed by atoms with Crippen LogP contribution in [0, 0.1) is 12.8 Å². The molecule has 8 nitrogen and oxygen atoms in total. The standard InChI is InChI=1S/C29H39N5O3/c1-19-24(5-4-6-26(19)37-3)29(36)32-23-13-16-34(25-9-7-20(25)17-23)27-10-8-21(18-30-27)28(35)31-22-11-14-33(2)15-12-22/h4-6,8,10,18,20,22-23,25H,7,9,11-17H2,1-3H3,(H,31,35)(H,32,36)/t20-,23?,25?/m1/s1. The number of amides is 2. The van der Waals surface area contributed by atoms with Crippen molar-refractivity contribution >= 4 is 17.6 Å². The highest BCUT2D eigenvalue weighted by atomic mass is 16.5. The number of aromatic nitrogens is 1. The molecule has 3 aliphatic rings. The van der Waals surface area contributed by atoms with Crippen LogP contribution in [0.3, 0.4) is 0 Å². The topological polar surface area (TPSA) is 86.8 Å². The van der Waals surface area contributed by atoms with Crippen molar-refractivity contribution < 1.29 is 14.3 Å². The first kappa shape index (κ1) is 25.5. The number of nitrogens with one attached hydrogen (secondary N) is 2. The maximum absolute atomic E-state index is 13.1. The lowest BCUT2D eigenvalue weighted by Crippen LogP contribution is -2.47. The fraction of sp³-hybridized carbons (Fsp3) is 0.552. The van der Waals surface area contributed by atoms with Gasteiger partial charge in [-0.05, 0) is 95.8 Å². The number of rotatable bonds is 6. The van der Waals surface area contributed by atoms with E-state index < -0.39 is 0 Å². The second-order valence-corrected chi connectivity index (χ2v) is 10.9. The van der Waals surface area contributed by atoms with E-state index in [4.69, 9.17) is 9.72 Å². The molecule has 2 amide bonds. The van der Waals surface area contributed by atoms with E-state index in [1.165, 1.54) is 6.42 Å². The fourth-order valence-corrected chi connectivity index (χ4v) is 6.05. The minimum Gasteiger partial charge on any atom is -0.496 e. The maximum atomic E-state index is 13.1. The summed E-state index contributed by atoms with van der Waals surface area (Å²) >= 11 is 0. The van der Waals surface area contributed by atoms with Gasteiger partial charge in [-0.3, -0.25) is 9.59 Å². The van der Waals surface area contributed by atoms with Gasteiger partial charge in [-0.25, -0.2) is 4.98 Å². The molecule has 1 aromatic heterocycles. The van der Waals surface area contributed by atoms with Crippen molar-refractivity contribution in [2.24, 2.45) is 5.92 Å². The van der Waals surface area contributed by atoms with E-state index in [1.807, 2.05) is 37.3 Å². The Balaban J connectivity index is 1.21. The zero-order valence-electron chi connectivity index (χ0n) is 22.2. The van der Waals surface area contributed by atoms with E-state index in [0.717, 1.165) is 68.9 Å². The van der Waals surface area contributed by atoms with Crippen LogP contribution >= 0.6 is 0 Å². The van der Waals surface area contributed by atoms with E-state index >= 15 is 0 Å². The number of carbonyl (C=O) groups excluding carboxylic acids is 2. The number of methoxy groups -OCH3 is 1. The number of hydrogen-bond acceptors (Lipinski definition) is 6. The largest absolute Gasteiger partial charge is 0.496 e. The van der Waals surface area contributed by atoms with Crippen LogP contribution in [0.15, 0.2) is 36.5 Å². The molecule has 2 unspecified atom stereocenters. The molecule has 3 fully saturated rings. The third-order valence-electron chi connectivity index (χ3n) is 8.53. The van der Waals surface area contributed by atoms with Gasteiger partial charge in [0.2, 0.25) is 0 Å². The zero-order chi connectivity index (χ0) is 25.9. The number of ether oxygens (including phenoxy) is 1. The lowest BCUT2D eigenvalue weighted by molar-refractivity contribution is 0.0911. The highest BCUT2D eigenvalue weighted by molar-refractivity contribution is 5.96. The van der Waals surface area contributed by atoms with Crippen LogP contribution < -0.4 is 20.3 Å². The second kappa shape index (κ2) is 11.1. The monoisotopic (exact) mass is 505 g/mol. The van der Waals surface area contributed by atoms with Crippen LogP contribution in [0.1, 0.15) is 64.8 Å². The van der Waals surface area contributed by atoms with Crippen molar-refractivity contribution in [3.63, 3.8) is 0 Å². The smallest absolute Gasteiger partial charge is 0.253 e. The van der Waals surface area contributed by atoms with E-state index in [-0.39, 0.29) is 23.9 Å². The van der Waals surface area contributed by atoms with Crippen LogP contribution in [-0.4, -0.2) is 73.6 Å². The molecule has 2 N–H and O–H groups in total. The van der Waals surface area contributed by atoms with Crippen LogP contribution in [-0.2, 0) is 0 Å². The predicted molar refractivity (Wildman–Crippen MR) is 144 cm³/mol. The van der Waals surface area contributed by atoms with Gasteiger partial charge in [0, 0.05) is 42.0 Å². The predicted octanol–water partition coefficient (Wildman–Crippen LogP) is 3.40. The average molecular weight is 506 g/mol. The van der Waals surface area contributed by atoms with Gasteiger partial charge in [-0.15, -0.1) is 0 Å². The summed E-state index contributed by atoms with van der Waals surface area (Å²) < 4.78 is 5.39. The summed E-state index contributed by atoms with van der Waals surface area (Å²) in [5, 5.41) is 6.47. The number of nitrogens with zero attached hydrogens (tertiary/aromatic N) is 3. The van der Waals surface area contributed by atoms with E-state index in [1.54, 1.807) is 13.3 Å². The normalized spacial score (nSPS) is 24.4. The van der Waals surface area contributed by atoms with Gasteiger partial charge >= 0.3 is 0 Å². The summed E-state index contributed by atoms with van der Waals surface area (Å²) in [7, 11) is 3.75. The molecular formula is C29H39N5O3. The van der Waals surface area contributed by atoms with E-state index in [9.17, 15) is 9.59 Å². The van der Waals surface area contributed by atoms with Gasteiger partial charge in [0.05, 0.1) is 12.7 Å². The van der Waals surface area contributed by atoms with Crippen molar-refractivity contribution in [2.45, 2.75) is 63.6 Å². The number of carbonyl (C=O) groups is 2. The summed E-state index contributed by atoms with van der Waals surface area (Å²) in [6, 6.07) is 10.3. The molecule has 5 rings (SSSR count). The molecule has 3 heterocycles. The van der Waals surface area contributed by atoms with E-state index in [2.05, 4.69) is 27.5 Å². The molecule has 1 saturated carbocycles. The minimum absolute atomic E-state index is 0.0381. The van der Waals surface area contributed by atoms with Gasteiger partial charge in [-0.1, -0.05) is 6.07 Å². The average Bonchev–Trinajstić information content (AvgIpc) is 3.01. The Morgan fingerprint density at radius 1 is 0.946 bits per heavy atom. The number of fused-ring (bicyclic) bond motifs is 1. The molecule has 8 heteroatoms. The zero-order valence-corrected chi connectivity index (χ0v) is 22.2. The summed E-state index contributed by atoms with van der Waals surface area (Å²) in [6.45, 7) is 4.78. The SMILES string of the molecule is COc1cccc(C(=O)NC2CCN(c3ccc(C(=O)NC4CCN(C)CC4)cn3)C3CC[C@@H]3C2)c1C. The number of anilines is 1. The Kier molecular flexibility index (Phi) is 7.65. The molecule has 2 aliphatic heterocycles. The number of benzene rings is 1. The molecule has 37 heavy (non-hydrogen) atoms. The maximum Gasteiger partial charge on any atom is 0.253 e. The highest BCUT2D eigenvalue weighted by Crippen LogP contribution is 2.40. The molecule has 3 atom stereocenters. The Labute approximate surface area is 219 Å². The molecule has 0 bridgehead atoms. The molecule has 1 aliphatic carbocycles. The van der Waals surface area contributed by atoms with Crippen LogP contribution in [0.2, 0.25) is 0 Å². The van der Waals surface area contributed by atoms with Crippen LogP contribution in [0.4, 0.5) is 5.82 Å². The molecular weight excluding hydrogens is 466 g/mol. The molecule has 1 aromatic carbocycles. The fourth-order valence-electron chi connectivity index (χ4n) is 6.05. The first-order valence-corrected chi connectivity index (χ1v) is 13.6. The van der Waals surface area contributed by atoms with E-state index in [0.29, 0.717) is 23.1 Å². The van der Waals surface area contributed by atoms with Crippen molar-refractivity contribution in [1.29, 1.82) is 0 Å². The van der Waals surface area contributed by atoms with Gasteiger partial charge in [0.25, 0.3) is 11.8 Å². The summed E-state index contributed by atoms with van der Waals surface area (Å²) in [5.74, 6) is 2.10. The van der Waals surface area contributed by atoms with Gasteiger partial charge in [0.1, 0.15) is 11.6 Å². The second-order valence-electron chi connectivity index (χ2n) is 10.9. The number of piperidine rings is 1. The Bertz CT molecular complexity index is 1110. The van der Waals surface area contributed by atoms with Crippen molar-refractivity contribution in [3.8, 4) is 5.75 Å². The molecule has 0 radical (unpaired) electrons. The molecule has 0 spiro atoms. The van der Waals surface area contributed by atoms with Crippen LogP contribution in [0.5, 0.6) is 5.75 Å². The minimum atomic E-state index is -0.0402. The summed E-state index contributed by atoms with van der Waals surface area (Å²) in [5.41, 5.74) is 2.14.